The molecule has 3 rings (SSSR count). The number of carbonyl (C=O) groups excluding carboxylic acids is 2. The number of nitrogens with one attached hydrogen (secondary N) is 1. The van der Waals surface area contributed by atoms with E-state index in [1.807, 2.05) is 0 Å². The summed E-state index contributed by atoms with van der Waals surface area (Å²) in [5.41, 5.74) is 1.03. The zero-order chi connectivity index (χ0) is 19.2. The maximum absolute atomic E-state index is 12.7. The molecule has 1 heterocycles. The van der Waals surface area contributed by atoms with E-state index >= 15 is 0 Å². The fraction of sp³-hybridized carbons (Fsp3) is 0.300. The summed E-state index contributed by atoms with van der Waals surface area (Å²) in [5.74, 6) is 0.114. The van der Waals surface area contributed by atoms with Gasteiger partial charge >= 0.3 is 5.97 Å². The summed E-state index contributed by atoms with van der Waals surface area (Å²) >= 11 is 0. The van der Waals surface area contributed by atoms with Gasteiger partial charge in [-0.1, -0.05) is 12.1 Å². The summed E-state index contributed by atoms with van der Waals surface area (Å²) in [7, 11) is 2.83. The van der Waals surface area contributed by atoms with Gasteiger partial charge in [0.05, 0.1) is 38.7 Å². The Labute approximate surface area is 157 Å². The lowest BCUT2D eigenvalue weighted by Gasteiger charge is -2.16. The molecule has 0 aliphatic carbocycles. The maximum Gasteiger partial charge on any atom is 0.339 e. The van der Waals surface area contributed by atoms with E-state index in [4.69, 9.17) is 18.9 Å². The molecule has 1 amide bonds. The van der Waals surface area contributed by atoms with Crippen LogP contribution >= 0.6 is 0 Å². The molecular formula is C20H21NO6. The number of rotatable bonds is 6. The highest BCUT2D eigenvalue weighted by Gasteiger charge is 2.21. The number of hydrogen-bond donors (Lipinski definition) is 1. The molecule has 1 fully saturated rings. The van der Waals surface area contributed by atoms with E-state index in [0.29, 0.717) is 36.0 Å². The van der Waals surface area contributed by atoms with Gasteiger partial charge in [0, 0.05) is 12.0 Å². The number of benzene rings is 2. The average molecular weight is 371 g/mol. The third-order valence-electron chi connectivity index (χ3n) is 4.19. The van der Waals surface area contributed by atoms with E-state index in [1.165, 1.54) is 7.11 Å². The molecule has 0 bridgehead atoms. The molecule has 0 radical (unpaired) electrons. The molecule has 1 atom stereocenters. The van der Waals surface area contributed by atoms with Crippen molar-refractivity contribution < 1.29 is 28.5 Å². The van der Waals surface area contributed by atoms with E-state index in [2.05, 4.69) is 5.32 Å². The molecule has 2 aromatic carbocycles. The van der Waals surface area contributed by atoms with Crippen LogP contribution in [0, 0.1) is 0 Å². The summed E-state index contributed by atoms with van der Waals surface area (Å²) in [5, 5.41) is 2.74. The number of anilines is 1. The van der Waals surface area contributed by atoms with Crippen LogP contribution in [0.25, 0.3) is 0 Å². The van der Waals surface area contributed by atoms with Crippen LogP contribution in [0.15, 0.2) is 42.5 Å². The van der Waals surface area contributed by atoms with Crippen LogP contribution in [-0.4, -0.2) is 45.4 Å². The topological polar surface area (TPSA) is 83.1 Å². The second-order valence-electron chi connectivity index (χ2n) is 5.96. The largest absolute Gasteiger partial charge is 0.493 e. The van der Waals surface area contributed by atoms with Crippen LogP contribution in [0.5, 0.6) is 11.5 Å². The molecule has 7 nitrogen and oxygen atoms in total. The van der Waals surface area contributed by atoms with Crippen molar-refractivity contribution in [2.45, 2.75) is 12.5 Å². The lowest BCUT2D eigenvalue weighted by molar-refractivity contribution is 0.0602. The second-order valence-corrected chi connectivity index (χ2v) is 5.96. The number of amides is 1. The molecule has 1 unspecified atom stereocenters. The van der Waals surface area contributed by atoms with Gasteiger partial charge in [0.1, 0.15) is 6.10 Å². The van der Waals surface area contributed by atoms with Crippen LogP contribution in [0.1, 0.15) is 27.1 Å². The first-order chi connectivity index (χ1) is 13.1. The molecule has 1 N–H and O–H groups in total. The third kappa shape index (κ3) is 4.38. The number of para-hydroxylation sites is 1. The minimum atomic E-state index is -0.522. The lowest BCUT2D eigenvalue weighted by Crippen LogP contribution is -2.18. The Bertz CT molecular complexity index is 829. The van der Waals surface area contributed by atoms with Crippen LogP contribution in [0.3, 0.4) is 0 Å². The van der Waals surface area contributed by atoms with Crippen molar-refractivity contribution in [1.29, 1.82) is 0 Å². The molecule has 1 aliphatic rings. The van der Waals surface area contributed by atoms with Crippen LogP contribution < -0.4 is 14.8 Å². The van der Waals surface area contributed by atoms with Gasteiger partial charge in [-0.25, -0.2) is 4.79 Å². The zero-order valence-corrected chi connectivity index (χ0v) is 15.2. The van der Waals surface area contributed by atoms with Crippen molar-refractivity contribution in [3.05, 3.63) is 53.6 Å². The van der Waals surface area contributed by atoms with Crippen molar-refractivity contribution in [1.82, 2.24) is 0 Å². The molecule has 0 saturated carbocycles. The molecule has 1 saturated heterocycles. The van der Waals surface area contributed by atoms with Crippen molar-refractivity contribution in [2.75, 3.05) is 32.8 Å². The van der Waals surface area contributed by atoms with Crippen molar-refractivity contribution >= 4 is 17.6 Å². The minimum Gasteiger partial charge on any atom is -0.493 e. The van der Waals surface area contributed by atoms with E-state index in [0.717, 1.165) is 6.42 Å². The molecule has 1 aliphatic heterocycles. The summed E-state index contributed by atoms with van der Waals surface area (Å²) < 4.78 is 21.3. The lowest BCUT2D eigenvalue weighted by atomic mass is 10.1. The van der Waals surface area contributed by atoms with Crippen LogP contribution in [0.2, 0.25) is 0 Å². The van der Waals surface area contributed by atoms with Gasteiger partial charge in [0.25, 0.3) is 5.91 Å². The number of methoxy groups -OCH3 is 2. The third-order valence-corrected chi connectivity index (χ3v) is 4.19. The summed E-state index contributed by atoms with van der Waals surface area (Å²) in [6.07, 6.45) is 0.712. The average Bonchev–Trinajstić information content (AvgIpc) is 3.20. The van der Waals surface area contributed by atoms with Gasteiger partial charge in [0.2, 0.25) is 0 Å². The Morgan fingerprint density at radius 1 is 1.11 bits per heavy atom. The fourth-order valence-electron chi connectivity index (χ4n) is 2.77. The van der Waals surface area contributed by atoms with Crippen molar-refractivity contribution in [2.24, 2.45) is 0 Å². The van der Waals surface area contributed by atoms with Gasteiger partial charge in [0.15, 0.2) is 11.5 Å². The Morgan fingerprint density at radius 3 is 2.63 bits per heavy atom. The molecular weight excluding hydrogens is 350 g/mol. The predicted octanol–water partition coefficient (Wildman–Crippen LogP) is 2.90. The molecule has 142 valence electrons. The molecule has 0 spiro atoms. The van der Waals surface area contributed by atoms with Crippen LogP contribution in [0.4, 0.5) is 5.69 Å². The van der Waals surface area contributed by atoms with Gasteiger partial charge in [-0.15, -0.1) is 0 Å². The van der Waals surface area contributed by atoms with Crippen LogP contribution in [-0.2, 0) is 9.47 Å². The molecule has 27 heavy (non-hydrogen) atoms. The van der Waals surface area contributed by atoms with Gasteiger partial charge in [-0.3, -0.25) is 4.79 Å². The molecule has 2 aromatic rings. The minimum absolute atomic E-state index is 0.0720. The monoisotopic (exact) mass is 371 g/mol. The van der Waals surface area contributed by atoms with E-state index in [9.17, 15) is 9.59 Å². The van der Waals surface area contributed by atoms with E-state index < -0.39 is 5.97 Å². The summed E-state index contributed by atoms with van der Waals surface area (Å²) in [6.45, 7) is 1.16. The fourth-order valence-corrected chi connectivity index (χ4v) is 2.77. The number of hydrogen-bond acceptors (Lipinski definition) is 6. The molecule has 0 aromatic heterocycles. The Hall–Kier alpha value is -3.06. The Kier molecular flexibility index (Phi) is 5.93. The Balaban J connectivity index is 1.82. The normalized spacial score (nSPS) is 15.9. The highest BCUT2D eigenvalue weighted by Crippen LogP contribution is 2.30. The first kappa shape index (κ1) is 18.7. The zero-order valence-electron chi connectivity index (χ0n) is 15.2. The van der Waals surface area contributed by atoms with E-state index in [-0.39, 0.29) is 17.6 Å². The van der Waals surface area contributed by atoms with Crippen molar-refractivity contribution in [3.63, 3.8) is 0 Å². The van der Waals surface area contributed by atoms with Gasteiger partial charge < -0.3 is 24.3 Å². The molecule has 7 heteroatoms. The SMILES string of the molecule is COC(=O)c1ccccc1NC(=O)c1ccc(OC)c(OC2CCOC2)c1. The standard InChI is InChI=1S/C20H21NO6/c1-24-17-8-7-13(11-18(17)27-14-9-10-26-12-14)19(22)21-16-6-4-3-5-15(16)20(23)25-2/h3-8,11,14H,9-10,12H2,1-2H3,(H,21,22). The first-order valence-corrected chi connectivity index (χ1v) is 8.53. The number of ether oxygens (including phenoxy) is 4. The maximum atomic E-state index is 12.7. The predicted molar refractivity (Wildman–Crippen MR) is 98.6 cm³/mol. The second kappa shape index (κ2) is 8.55. The highest BCUT2D eigenvalue weighted by molar-refractivity contribution is 6.08. The van der Waals surface area contributed by atoms with E-state index in [1.54, 1.807) is 49.6 Å². The summed E-state index contributed by atoms with van der Waals surface area (Å²) in [6, 6.07) is 11.6. The van der Waals surface area contributed by atoms with Gasteiger partial charge in [-0.05, 0) is 30.3 Å². The first-order valence-electron chi connectivity index (χ1n) is 8.53. The summed E-state index contributed by atoms with van der Waals surface area (Å²) in [4.78, 5) is 24.5. The number of carbonyl (C=O) groups is 2. The quantitative estimate of drug-likeness (QED) is 0.786. The van der Waals surface area contributed by atoms with Crippen molar-refractivity contribution in [3.8, 4) is 11.5 Å². The highest BCUT2D eigenvalue weighted by atomic mass is 16.6. The Morgan fingerprint density at radius 2 is 1.93 bits per heavy atom. The van der Waals surface area contributed by atoms with Gasteiger partial charge in [-0.2, -0.15) is 0 Å². The smallest absolute Gasteiger partial charge is 0.339 e. The number of esters is 1.